The van der Waals surface area contributed by atoms with Crippen LogP contribution in [0.15, 0.2) is 9.85 Å². The molecule has 22 heavy (non-hydrogen) atoms. The van der Waals surface area contributed by atoms with Gasteiger partial charge in [0, 0.05) is 9.85 Å². The van der Waals surface area contributed by atoms with Gasteiger partial charge in [-0.25, -0.2) is 0 Å². The van der Waals surface area contributed by atoms with Crippen molar-refractivity contribution in [3.8, 4) is 0 Å². The predicted octanol–water partition coefficient (Wildman–Crippen LogP) is 7.61. The highest BCUT2D eigenvalue weighted by Crippen LogP contribution is 2.41. The number of carbonyl (C=O) groups is 1. The number of hydrogen-bond donors (Lipinski definition) is 0. The van der Waals surface area contributed by atoms with Crippen LogP contribution in [0, 0.1) is 0 Å². The van der Waals surface area contributed by atoms with Crippen molar-refractivity contribution in [3.63, 3.8) is 0 Å². The molecule has 0 aliphatic heterocycles. The van der Waals surface area contributed by atoms with E-state index in [2.05, 4.69) is 28.2 Å². The maximum atomic E-state index is 11.9. The number of unbranched alkanes of at least 4 members (excludes halogenated alkanes) is 7. The number of hydrogen-bond acceptors (Lipinski definition) is 3. The fraction of sp³-hybridized carbons (Fsp3) is 0.611. The Bertz CT molecular complexity index is 612. The first kappa shape index (κ1) is 18.2. The number of carbonyl (C=O) groups excluding carboxylic acids is 1. The second kappa shape index (κ2) is 9.19. The van der Waals surface area contributed by atoms with E-state index in [4.69, 9.17) is 0 Å². The number of fused-ring (bicyclic) bond motifs is 1. The van der Waals surface area contributed by atoms with Gasteiger partial charge in [0.05, 0.1) is 14.3 Å². The lowest BCUT2D eigenvalue weighted by atomic mass is 10.0. The van der Waals surface area contributed by atoms with E-state index < -0.39 is 0 Å². The molecule has 0 N–H and O–H groups in total. The average Bonchev–Trinajstić information content (AvgIpc) is 3.03. The third-order valence-electron chi connectivity index (χ3n) is 4.06. The molecule has 0 aliphatic carbocycles. The van der Waals surface area contributed by atoms with E-state index in [9.17, 15) is 4.79 Å². The van der Waals surface area contributed by atoms with E-state index in [1.807, 2.05) is 0 Å². The van der Waals surface area contributed by atoms with Gasteiger partial charge < -0.3 is 0 Å². The summed E-state index contributed by atoms with van der Waals surface area (Å²) in [5.41, 5.74) is 1.30. The number of aryl methyl sites for hydroxylation is 1. The third kappa shape index (κ3) is 4.65. The lowest BCUT2D eigenvalue weighted by molar-refractivity contribution is 0.102. The van der Waals surface area contributed by atoms with Crippen LogP contribution in [0.3, 0.4) is 0 Å². The van der Waals surface area contributed by atoms with Crippen LogP contribution in [0.1, 0.15) is 80.4 Å². The minimum Gasteiger partial charge on any atom is -0.294 e. The molecule has 0 fully saturated rings. The Labute approximate surface area is 150 Å². The van der Waals surface area contributed by atoms with Gasteiger partial charge in [0.2, 0.25) is 0 Å². The second-order valence-corrected chi connectivity index (χ2v) is 8.69. The maximum Gasteiger partial charge on any atom is 0.170 e. The van der Waals surface area contributed by atoms with Crippen LogP contribution in [-0.4, -0.2) is 5.78 Å². The molecule has 2 heterocycles. The van der Waals surface area contributed by atoms with Gasteiger partial charge in [-0.3, -0.25) is 4.79 Å². The molecule has 0 aromatic carbocycles. The highest BCUT2D eigenvalue weighted by atomic mass is 79.9. The number of rotatable bonds is 10. The van der Waals surface area contributed by atoms with Crippen molar-refractivity contribution < 1.29 is 4.79 Å². The molecule has 0 spiro atoms. The van der Waals surface area contributed by atoms with Crippen molar-refractivity contribution in [3.05, 3.63) is 20.3 Å². The molecule has 2 rings (SSSR count). The quantitative estimate of drug-likeness (QED) is 0.296. The molecular formula is C18H25BrOS2. The number of halogens is 1. The standard InChI is InChI=1S/C18H25BrOS2/c1-3-4-5-6-7-8-9-10-11-14-16(13(2)20)22-18-15(19)12-21-17(14)18/h12H,3-11H2,1-2H3. The molecule has 2 aromatic heterocycles. The van der Waals surface area contributed by atoms with Crippen molar-refractivity contribution >= 4 is 53.8 Å². The van der Waals surface area contributed by atoms with Crippen LogP contribution in [-0.2, 0) is 6.42 Å². The first-order valence-electron chi connectivity index (χ1n) is 8.34. The largest absolute Gasteiger partial charge is 0.294 e. The molecule has 0 unspecified atom stereocenters. The second-order valence-electron chi connectivity index (χ2n) is 5.93. The zero-order valence-electron chi connectivity index (χ0n) is 13.5. The highest BCUT2D eigenvalue weighted by Gasteiger charge is 2.18. The van der Waals surface area contributed by atoms with Crippen molar-refractivity contribution in [2.24, 2.45) is 0 Å². The van der Waals surface area contributed by atoms with Gasteiger partial charge in [-0.15, -0.1) is 22.7 Å². The lowest BCUT2D eigenvalue weighted by Crippen LogP contribution is -1.94. The normalized spacial score (nSPS) is 11.4. The van der Waals surface area contributed by atoms with Gasteiger partial charge in [0.25, 0.3) is 0 Å². The van der Waals surface area contributed by atoms with E-state index in [-0.39, 0.29) is 5.78 Å². The zero-order chi connectivity index (χ0) is 15.9. The molecule has 0 saturated heterocycles. The summed E-state index contributed by atoms with van der Waals surface area (Å²) < 4.78 is 3.72. The van der Waals surface area contributed by atoms with Crippen LogP contribution in [0.2, 0.25) is 0 Å². The Hall–Kier alpha value is -0.190. The Morgan fingerprint density at radius 2 is 1.68 bits per heavy atom. The highest BCUT2D eigenvalue weighted by molar-refractivity contribution is 9.10. The molecular weight excluding hydrogens is 376 g/mol. The lowest BCUT2D eigenvalue weighted by Gasteiger charge is -2.03. The van der Waals surface area contributed by atoms with Crippen molar-refractivity contribution in [1.29, 1.82) is 0 Å². The van der Waals surface area contributed by atoms with Crippen LogP contribution < -0.4 is 0 Å². The van der Waals surface area contributed by atoms with E-state index >= 15 is 0 Å². The number of ketones is 1. The van der Waals surface area contributed by atoms with Gasteiger partial charge >= 0.3 is 0 Å². The Morgan fingerprint density at radius 1 is 1.05 bits per heavy atom. The Balaban J connectivity index is 1.86. The number of Topliss-reactive ketones (excluding diaryl/α,β-unsaturated/α-hetero) is 1. The molecule has 0 saturated carbocycles. The van der Waals surface area contributed by atoms with Crippen molar-refractivity contribution in [2.75, 3.05) is 0 Å². The predicted molar refractivity (Wildman–Crippen MR) is 104 cm³/mol. The molecule has 0 atom stereocenters. The molecule has 0 bridgehead atoms. The van der Waals surface area contributed by atoms with Gasteiger partial charge in [-0.05, 0) is 41.3 Å². The molecule has 0 aliphatic rings. The first-order valence-corrected chi connectivity index (χ1v) is 10.8. The summed E-state index contributed by atoms with van der Waals surface area (Å²) in [6.07, 6.45) is 11.7. The molecule has 2 aromatic rings. The van der Waals surface area contributed by atoms with Crippen LogP contribution in [0.5, 0.6) is 0 Å². The van der Waals surface area contributed by atoms with Gasteiger partial charge in [-0.2, -0.15) is 0 Å². The SMILES string of the molecule is CCCCCCCCCCc1c(C(C)=O)sc2c(Br)csc12. The van der Waals surface area contributed by atoms with E-state index in [1.165, 1.54) is 66.3 Å². The average molecular weight is 401 g/mol. The van der Waals surface area contributed by atoms with Crippen LogP contribution in [0.25, 0.3) is 9.40 Å². The summed E-state index contributed by atoms with van der Waals surface area (Å²) >= 11 is 7.02. The summed E-state index contributed by atoms with van der Waals surface area (Å²) in [6, 6.07) is 0. The van der Waals surface area contributed by atoms with Gasteiger partial charge in [-0.1, -0.05) is 51.9 Å². The minimum atomic E-state index is 0.217. The summed E-state index contributed by atoms with van der Waals surface area (Å²) in [5.74, 6) is 0.217. The van der Waals surface area contributed by atoms with Crippen LogP contribution in [0.4, 0.5) is 0 Å². The van der Waals surface area contributed by atoms with E-state index in [0.29, 0.717) is 0 Å². The summed E-state index contributed by atoms with van der Waals surface area (Å²) in [6.45, 7) is 3.96. The van der Waals surface area contributed by atoms with Crippen LogP contribution >= 0.6 is 38.6 Å². The molecule has 0 amide bonds. The fourth-order valence-electron chi connectivity index (χ4n) is 2.84. The molecule has 0 radical (unpaired) electrons. The van der Waals surface area contributed by atoms with E-state index in [1.54, 1.807) is 29.6 Å². The number of thiophene rings is 2. The van der Waals surface area contributed by atoms with Gasteiger partial charge in [0.15, 0.2) is 5.78 Å². The molecule has 1 nitrogen and oxygen atoms in total. The fourth-order valence-corrected chi connectivity index (χ4v) is 6.05. The maximum absolute atomic E-state index is 11.9. The monoisotopic (exact) mass is 400 g/mol. The van der Waals surface area contributed by atoms with Gasteiger partial charge in [0.1, 0.15) is 0 Å². The third-order valence-corrected chi connectivity index (χ3v) is 7.78. The first-order chi connectivity index (χ1) is 10.6. The summed E-state index contributed by atoms with van der Waals surface area (Å²) in [4.78, 5) is 12.9. The molecule has 122 valence electrons. The molecule has 4 heteroatoms. The minimum absolute atomic E-state index is 0.217. The van der Waals surface area contributed by atoms with Crippen molar-refractivity contribution in [1.82, 2.24) is 0 Å². The smallest absolute Gasteiger partial charge is 0.170 e. The Morgan fingerprint density at radius 3 is 2.32 bits per heavy atom. The summed E-state index contributed by atoms with van der Waals surface area (Å²) in [5, 5.41) is 2.14. The summed E-state index contributed by atoms with van der Waals surface area (Å²) in [7, 11) is 0. The zero-order valence-corrected chi connectivity index (χ0v) is 16.8. The Kier molecular flexibility index (Phi) is 7.58. The van der Waals surface area contributed by atoms with E-state index in [0.717, 1.165) is 15.8 Å². The van der Waals surface area contributed by atoms with Crippen molar-refractivity contribution in [2.45, 2.75) is 71.6 Å². The topological polar surface area (TPSA) is 17.1 Å².